The zero-order valence-electron chi connectivity index (χ0n) is 11.8. The van der Waals surface area contributed by atoms with Crippen molar-refractivity contribution in [3.8, 4) is 0 Å². The summed E-state index contributed by atoms with van der Waals surface area (Å²) in [5, 5.41) is 0.118. The lowest BCUT2D eigenvalue weighted by Gasteiger charge is -2.33. The molecule has 4 nitrogen and oxygen atoms in total. The van der Waals surface area contributed by atoms with E-state index in [4.69, 9.17) is 11.6 Å². The first-order valence-corrected chi connectivity index (χ1v) is 6.35. The van der Waals surface area contributed by atoms with Gasteiger partial charge in [0.05, 0.1) is 0 Å². The molecule has 1 aromatic heterocycles. The van der Waals surface area contributed by atoms with E-state index in [0.717, 1.165) is 0 Å². The van der Waals surface area contributed by atoms with Crippen LogP contribution in [-0.2, 0) is 5.54 Å². The molecule has 18 heavy (non-hydrogen) atoms. The van der Waals surface area contributed by atoms with Crippen LogP contribution in [0.15, 0.2) is 9.59 Å². The number of rotatable bonds is 2. The number of hydrogen-bond donors (Lipinski definition) is 1. The molecule has 102 valence electrons. The minimum absolute atomic E-state index is 0.0168. The molecular formula is C13H21ClN2O2. The number of nitrogens with zero attached hydrogens (tertiary/aromatic N) is 1. The van der Waals surface area contributed by atoms with Crippen LogP contribution in [0.1, 0.15) is 46.6 Å². The summed E-state index contributed by atoms with van der Waals surface area (Å²) in [5.41, 5.74) is -0.942. The van der Waals surface area contributed by atoms with Gasteiger partial charge in [-0.3, -0.25) is 14.3 Å². The second kappa shape index (κ2) is 4.57. The lowest BCUT2D eigenvalue weighted by atomic mass is 9.81. The fourth-order valence-corrected chi connectivity index (χ4v) is 2.69. The van der Waals surface area contributed by atoms with Crippen LogP contribution in [0, 0.1) is 12.3 Å². The van der Waals surface area contributed by atoms with E-state index in [1.807, 2.05) is 13.8 Å². The SMILES string of the molecule is Cc1c(Cl)[nH]c(=O)n(C(C)(C)CC(C)(C)C)c1=O. The Kier molecular flexibility index (Phi) is 3.82. The molecule has 0 atom stereocenters. The maximum absolute atomic E-state index is 12.2. The van der Waals surface area contributed by atoms with Crippen molar-refractivity contribution in [3.05, 3.63) is 31.6 Å². The Morgan fingerprint density at radius 3 is 2.11 bits per heavy atom. The molecular weight excluding hydrogens is 252 g/mol. The van der Waals surface area contributed by atoms with Crippen molar-refractivity contribution in [1.82, 2.24) is 9.55 Å². The minimum atomic E-state index is -0.557. The highest BCUT2D eigenvalue weighted by Crippen LogP contribution is 2.30. The summed E-state index contributed by atoms with van der Waals surface area (Å²) in [7, 11) is 0. The maximum atomic E-state index is 12.2. The molecule has 0 saturated carbocycles. The standard InChI is InChI=1S/C13H21ClN2O2/c1-8-9(14)15-11(18)16(10(8)17)13(5,6)7-12(2,3)4/h7H2,1-6H3,(H,15,18). The van der Waals surface area contributed by atoms with Gasteiger partial charge >= 0.3 is 5.69 Å². The molecule has 0 spiro atoms. The Balaban J connectivity index is 3.47. The van der Waals surface area contributed by atoms with Crippen LogP contribution in [0.5, 0.6) is 0 Å². The third-order valence-corrected chi connectivity index (χ3v) is 3.22. The normalized spacial score (nSPS) is 12.8. The molecule has 0 amide bonds. The van der Waals surface area contributed by atoms with E-state index in [1.54, 1.807) is 6.92 Å². The molecule has 0 aliphatic rings. The van der Waals surface area contributed by atoms with Crippen LogP contribution in [0.4, 0.5) is 0 Å². The summed E-state index contributed by atoms with van der Waals surface area (Å²) >= 11 is 5.81. The molecule has 0 aromatic carbocycles. The van der Waals surface area contributed by atoms with Crippen LogP contribution < -0.4 is 11.2 Å². The van der Waals surface area contributed by atoms with Crippen molar-refractivity contribution in [2.75, 3.05) is 0 Å². The molecule has 0 aliphatic carbocycles. The molecule has 0 saturated heterocycles. The molecule has 1 N–H and O–H groups in total. The van der Waals surface area contributed by atoms with Crippen molar-refractivity contribution < 1.29 is 0 Å². The number of nitrogens with one attached hydrogen (secondary N) is 1. The van der Waals surface area contributed by atoms with E-state index < -0.39 is 11.2 Å². The van der Waals surface area contributed by atoms with Gasteiger partial charge in [-0.1, -0.05) is 32.4 Å². The van der Waals surface area contributed by atoms with Crippen molar-refractivity contribution in [3.63, 3.8) is 0 Å². The van der Waals surface area contributed by atoms with Gasteiger partial charge < -0.3 is 0 Å². The summed E-state index contributed by atoms with van der Waals surface area (Å²) in [6, 6.07) is 0. The highest BCUT2D eigenvalue weighted by Gasteiger charge is 2.30. The Labute approximate surface area is 112 Å². The summed E-state index contributed by atoms with van der Waals surface area (Å²) in [5.74, 6) is 0. The summed E-state index contributed by atoms with van der Waals surface area (Å²) in [6.07, 6.45) is 0.712. The van der Waals surface area contributed by atoms with E-state index in [2.05, 4.69) is 25.8 Å². The quantitative estimate of drug-likeness (QED) is 0.842. The van der Waals surface area contributed by atoms with Crippen molar-refractivity contribution in [1.29, 1.82) is 0 Å². The highest BCUT2D eigenvalue weighted by atomic mass is 35.5. The van der Waals surface area contributed by atoms with Gasteiger partial charge in [0, 0.05) is 11.1 Å². The number of halogens is 1. The average Bonchev–Trinajstić information content (AvgIpc) is 2.09. The Bertz CT molecular complexity index is 562. The van der Waals surface area contributed by atoms with Gasteiger partial charge in [-0.2, -0.15) is 0 Å². The fraction of sp³-hybridized carbons (Fsp3) is 0.692. The van der Waals surface area contributed by atoms with Crippen LogP contribution in [-0.4, -0.2) is 9.55 Å². The van der Waals surface area contributed by atoms with Gasteiger partial charge in [-0.25, -0.2) is 4.79 Å². The first-order valence-electron chi connectivity index (χ1n) is 5.98. The topological polar surface area (TPSA) is 54.9 Å². The molecule has 1 aromatic rings. The monoisotopic (exact) mass is 272 g/mol. The minimum Gasteiger partial charge on any atom is -0.297 e. The Morgan fingerprint density at radius 2 is 1.67 bits per heavy atom. The first kappa shape index (κ1) is 15.0. The second-order valence-electron chi connectivity index (χ2n) is 6.56. The zero-order chi connectivity index (χ0) is 14.3. The fourth-order valence-electron chi connectivity index (χ4n) is 2.52. The molecule has 0 aliphatic heterocycles. The third kappa shape index (κ3) is 3.05. The number of hydrogen-bond acceptors (Lipinski definition) is 2. The Morgan fingerprint density at radius 1 is 1.17 bits per heavy atom. The molecule has 1 rings (SSSR count). The zero-order valence-corrected chi connectivity index (χ0v) is 12.6. The van der Waals surface area contributed by atoms with E-state index in [9.17, 15) is 9.59 Å². The van der Waals surface area contributed by atoms with Gasteiger partial charge in [0.15, 0.2) is 0 Å². The third-order valence-electron chi connectivity index (χ3n) is 2.84. The van der Waals surface area contributed by atoms with Crippen molar-refractivity contribution in [2.45, 2.75) is 53.5 Å². The van der Waals surface area contributed by atoms with E-state index in [-0.39, 0.29) is 16.1 Å². The summed E-state index contributed by atoms with van der Waals surface area (Å²) in [6.45, 7) is 11.6. The molecule has 0 unspecified atom stereocenters. The van der Waals surface area contributed by atoms with Crippen LogP contribution in [0.25, 0.3) is 0 Å². The average molecular weight is 273 g/mol. The van der Waals surface area contributed by atoms with Gasteiger partial charge in [-0.05, 0) is 32.6 Å². The van der Waals surface area contributed by atoms with Crippen molar-refractivity contribution in [2.24, 2.45) is 5.41 Å². The van der Waals surface area contributed by atoms with Crippen LogP contribution in [0.2, 0.25) is 5.15 Å². The highest BCUT2D eigenvalue weighted by molar-refractivity contribution is 6.30. The second-order valence-corrected chi connectivity index (χ2v) is 6.94. The molecule has 0 bridgehead atoms. The lowest BCUT2D eigenvalue weighted by Crippen LogP contribution is -2.48. The van der Waals surface area contributed by atoms with Gasteiger partial charge in [0.25, 0.3) is 5.56 Å². The largest absolute Gasteiger partial charge is 0.329 e. The van der Waals surface area contributed by atoms with Crippen LogP contribution >= 0.6 is 11.6 Å². The lowest BCUT2D eigenvalue weighted by molar-refractivity contribution is 0.203. The summed E-state index contributed by atoms with van der Waals surface area (Å²) in [4.78, 5) is 26.7. The van der Waals surface area contributed by atoms with Gasteiger partial charge in [-0.15, -0.1) is 0 Å². The smallest absolute Gasteiger partial charge is 0.297 e. The number of aromatic nitrogens is 2. The van der Waals surface area contributed by atoms with E-state index in [1.165, 1.54) is 4.57 Å². The molecule has 0 fully saturated rings. The maximum Gasteiger partial charge on any atom is 0.329 e. The van der Waals surface area contributed by atoms with Crippen molar-refractivity contribution >= 4 is 11.6 Å². The predicted octanol–water partition coefficient (Wildman–Crippen LogP) is 2.67. The molecule has 5 heteroatoms. The van der Waals surface area contributed by atoms with Gasteiger partial charge in [0.1, 0.15) is 5.15 Å². The van der Waals surface area contributed by atoms with Gasteiger partial charge in [0.2, 0.25) is 0 Å². The summed E-state index contributed by atoms with van der Waals surface area (Å²) < 4.78 is 1.26. The molecule has 0 radical (unpaired) electrons. The van der Waals surface area contributed by atoms with E-state index in [0.29, 0.717) is 12.0 Å². The Hall–Kier alpha value is -1.03. The molecule has 1 heterocycles. The number of aromatic amines is 1. The first-order chi connectivity index (χ1) is 7.96. The van der Waals surface area contributed by atoms with Crippen LogP contribution in [0.3, 0.4) is 0 Å². The van der Waals surface area contributed by atoms with E-state index >= 15 is 0 Å². The predicted molar refractivity (Wildman–Crippen MR) is 74.5 cm³/mol. The number of H-pyrrole nitrogens is 1.